The minimum absolute atomic E-state index is 0.0856. The third-order valence-corrected chi connectivity index (χ3v) is 2.55. The standard InChI is InChI=1S/C9H19N3O3/c1-6(7(14)11-8(10)15)12(4)9(2,3)5-13/h6,13H,5H2,1-4H3,(H3,10,11,14,15). The molecule has 6 heteroatoms. The fourth-order valence-electron chi connectivity index (χ4n) is 1.04. The first-order chi connectivity index (χ1) is 6.72. The van der Waals surface area contributed by atoms with Crippen molar-refractivity contribution >= 4 is 11.9 Å². The van der Waals surface area contributed by atoms with E-state index in [1.54, 1.807) is 32.7 Å². The van der Waals surface area contributed by atoms with Crippen LogP contribution in [-0.4, -0.2) is 47.2 Å². The van der Waals surface area contributed by atoms with Gasteiger partial charge in [0, 0.05) is 5.54 Å². The number of urea groups is 1. The van der Waals surface area contributed by atoms with Crippen molar-refractivity contribution in [3.63, 3.8) is 0 Å². The maximum absolute atomic E-state index is 11.4. The van der Waals surface area contributed by atoms with Gasteiger partial charge in [-0.25, -0.2) is 4.79 Å². The molecule has 0 aromatic rings. The molecule has 0 bridgehead atoms. The zero-order valence-electron chi connectivity index (χ0n) is 9.57. The molecule has 0 aliphatic carbocycles. The Balaban J connectivity index is 4.50. The number of aliphatic hydroxyl groups excluding tert-OH is 1. The second kappa shape index (κ2) is 5.09. The molecule has 0 heterocycles. The zero-order chi connectivity index (χ0) is 12.2. The third kappa shape index (κ3) is 3.85. The summed E-state index contributed by atoms with van der Waals surface area (Å²) in [5.74, 6) is -0.480. The molecule has 0 fully saturated rings. The number of hydrogen-bond donors (Lipinski definition) is 3. The molecule has 3 amide bonds. The molecule has 6 nitrogen and oxygen atoms in total. The second-order valence-corrected chi connectivity index (χ2v) is 4.11. The summed E-state index contributed by atoms with van der Waals surface area (Å²) in [6.45, 7) is 5.13. The number of carbonyl (C=O) groups excluding carboxylic acids is 2. The van der Waals surface area contributed by atoms with Gasteiger partial charge in [0.05, 0.1) is 12.6 Å². The molecule has 0 aliphatic rings. The van der Waals surface area contributed by atoms with E-state index in [1.165, 1.54) is 0 Å². The van der Waals surface area contributed by atoms with Crippen LogP contribution in [0.1, 0.15) is 20.8 Å². The van der Waals surface area contributed by atoms with Gasteiger partial charge >= 0.3 is 6.03 Å². The lowest BCUT2D eigenvalue weighted by atomic mass is 10.0. The van der Waals surface area contributed by atoms with Crippen LogP contribution in [0.5, 0.6) is 0 Å². The predicted octanol–water partition coefficient (Wildman–Crippen LogP) is -0.727. The Hall–Kier alpha value is -1.14. The first-order valence-corrected chi connectivity index (χ1v) is 4.66. The lowest BCUT2D eigenvalue weighted by Gasteiger charge is -2.37. The lowest BCUT2D eigenvalue weighted by Crippen LogP contribution is -2.55. The fourth-order valence-corrected chi connectivity index (χ4v) is 1.04. The predicted molar refractivity (Wildman–Crippen MR) is 56.1 cm³/mol. The molecule has 1 unspecified atom stereocenters. The van der Waals surface area contributed by atoms with Crippen LogP contribution in [0.4, 0.5) is 4.79 Å². The average molecular weight is 217 g/mol. The van der Waals surface area contributed by atoms with Crippen molar-refractivity contribution in [3.05, 3.63) is 0 Å². The number of imide groups is 1. The summed E-state index contributed by atoms with van der Waals surface area (Å²) in [5.41, 5.74) is 4.30. The van der Waals surface area contributed by atoms with Crippen molar-refractivity contribution < 1.29 is 14.7 Å². The van der Waals surface area contributed by atoms with E-state index in [9.17, 15) is 9.59 Å². The van der Waals surface area contributed by atoms with Crippen LogP contribution < -0.4 is 11.1 Å². The Morgan fingerprint density at radius 1 is 1.53 bits per heavy atom. The van der Waals surface area contributed by atoms with E-state index in [1.807, 2.05) is 5.32 Å². The molecule has 0 radical (unpaired) electrons. The average Bonchev–Trinajstić information content (AvgIpc) is 2.14. The first kappa shape index (κ1) is 13.9. The minimum Gasteiger partial charge on any atom is -0.394 e. The highest BCUT2D eigenvalue weighted by Gasteiger charge is 2.30. The van der Waals surface area contributed by atoms with Gasteiger partial charge in [0.15, 0.2) is 0 Å². The van der Waals surface area contributed by atoms with Crippen LogP contribution in [0.3, 0.4) is 0 Å². The van der Waals surface area contributed by atoms with Crippen molar-refractivity contribution in [1.29, 1.82) is 0 Å². The first-order valence-electron chi connectivity index (χ1n) is 4.66. The number of hydrogen-bond acceptors (Lipinski definition) is 4. The number of nitrogens with two attached hydrogens (primary N) is 1. The second-order valence-electron chi connectivity index (χ2n) is 4.11. The quantitative estimate of drug-likeness (QED) is 0.578. The van der Waals surface area contributed by atoms with Crippen molar-refractivity contribution in [1.82, 2.24) is 10.2 Å². The third-order valence-electron chi connectivity index (χ3n) is 2.55. The smallest absolute Gasteiger partial charge is 0.318 e. The highest BCUT2D eigenvalue weighted by molar-refractivity contribution is 5.96. The maximum Gasteiger partial charge on any atom is 0.318 e. The molecule has 0 aromatic heterocycles. The fraction of sp³-hybridized carbons (Fsp3) is 0.778. The Labute approximate surface area is 89.4 Å². The van der Waals surface area contributed by atoms with E-state index in [0.717, 1.165) is 0 Å². The summed E-state index contributed by atoms with van der Waals surface area (Å²) in [7, 11) is 1.70. The Kier molecular flexibility index (Phi) is 4.70. The topological polar surface area (TPSA) is 95.7 Å². The van der Waals surface area contributed by atoms with Gasteiger partial charge in [-0.2, -0.15) is 0 Å². The molecule has 0 aromatic carbocycles. The molecule has 0 saturated carbocycles. The minimum atomic E-state index is -0.873. The molecule has 88 valence electrons. The van der Waals surface area contributed by atoms with E-state index in [4.69, 9.17) is 10.8 Å². The number of rotatable bonds is 4. The molecule has 0 spiro atoms. The summed E-state index contributed by atoms with van der Waals surface area (Å²) >= 11 is 0. The molecular weight excluding hydrogens is 198 g/mol. The Bertz CT molecular complexity index is 253. The number of aliphatic hydroxyl groups is 1. The van der Waals surface area contributed by atoms with Gasteiger partial charge < -0.3 is 10.8 Å². The summed E-state index contributed by atoms with van der Waals surface area (Å²) in [6, 6.07) is -1.42. The highest BCUT2D eigenvalue weighted by Crippen LogP contribution is 2.14. The zero-order valence-corrected chi connectivity index (χ0v) is 9.57. The van der Waals surface area contributed by atoms with Crippen molar-refractivity contribution in [2.45, 2.75) is 32.4 Å². The number of nitrogens with zero attached hydrogens (tertiary/aromatic N) is 1. The normalized spacial score (nSPS) is 13.7. The number of likely N-dealkylation sites (N-methyl/N-ethyl adjacent to an activating group) is 1. The molecular formula is C9H19N3O3. The van der Waals surface area contributed by atoms with Crippen LogP contribution >= 0.6 is 0 Å². The summed E-state index contributed by atoms with van der Waals surface area (Å²) < 4.78 is 0. The largest absolute Gasteiger partial charge is 0.394 e. The van der Waals surface area contributed by atoms with Crippen LogP contribution in [0, 0.1) is 0 Å². The van der Waals surface area contributed by atoms with E-state index in [0.29, 0.717) is 0 Å². The maximum atomic E-state index is 11.4. The van der Waals surface area contributed by atoms with E-state index >= 15 is 0 Å². The SMILES string of the molecule is CC(C(=O)NC(N)=O)N(C)C(C)(C)CO. The Morgan fingerprint density at radius 3 is 2.33 bits per heavy atom. The summed E-state index contributed by atoms with van der Waals surface area (Å²) in [6.07, 6.45) is 0. The summed E-state index contributed by atoms with van der Waals surface area (Å²) in [4.78, 5) is 23.6. The molecule has 0 saturated heterocycles. The number of nitrogens with one attached hydrogen (secondary N) is 1. The van der Waals surface area contributed by atoms with E-state index in [2.05, 4.69) is 0 Å². The van der Waals surface area contributed by atoms with Gasteiger partial charge in [0.2, 0.25) is 5.91 Å². The summed E-state index contributed by atoms with van der Waals surface area (Å²) in [5, 5.41) is 11.1. The van der Waals surface area contributed by atoms with Crippen LogP contribution in [0.2, 0.25) is 0 Å². The van der Waals surface area contributed by atoms with Gasteiger partial charge in [-0.15, -0.1) is 0 Å². The van der Waals surface area contributed by atoms with Crippen LogP contribution in [0.25, 0.3) is 0 Å². The van der Waals surface area contributed by atoms with Gasteiger partial charge in [-0.3, -0.25) is 15.0 Å². The molecule has 1 atom stereocenters. The molecule has 0 rings (SSSR count). The Morgan fingerprint density at radius 2 is 2.00 bits per heavy atom. The van der Waals surface area contributed by atoms with Crippen molar-refractivity contribution in [3.8, 4) is 0 Å². The van der Waals surface area contributed by atoms with Gasteiger partial charge in [0.25, 0.3) is 0 Å². The number of primary amides is 1. The molecule has 15 heavy (non-hydrogen) atoms. The number of carbonyl (C=O) groups is 2. The van der Waals surface area contributed by atoms with Crippen LogP contribution in [-0.2, 0) is 4.79 Å². The van der Waals surface area contributed by atoms with Crippen molar-refractivity contribution in [2.24, 2.45) is 5.73 Å². The van der Waals surface area contributed by atoms with Gasteiger partial charge in [-0.05, 0) is 27.8 Å². The molecule has 0 aliphatic heterocycles. The number of amides is 3. The molecule has 4 N–H and O–H groups in total. The van der Waals surface area contributed by atoms with E-state index in [-0.39, 0.29) is 6.61 Å². The van der Waals surface area contributed by atoms with Crippen molar-refractivity contribution in [2.75, 3.05) is 13.7 Å². The van der Waals surface area contributed by atoms with E-state index < -0.39 is 23.5 Å². The van der Waals surface area contributed by atoms with Gasteiger partial charge in [-0.1, -0.05) is 0 Å². The van der Waals surface area contributed by atoms with Crippen LogP contribution in [0.15, 0.2) is 0 Å². The van der Waals surface area contributed by atoms with Gasteiger partial charge in [0.1, 0.15) is 0 Å². The monoisotopic (exact) mass is 217 g/mol. The lowest BCUT2D eigenvalue weighted by molar-refractivity contribution is -0.126. The highest BCUT2D eigenvalue weighted by atomic mass is 16.3.